The molecule has 6 nitrogen and oxygen atoms in total. The molecule has 0 unspecified atom stereocenters. The summed E-state index contributed by atoms with van der Waals surface area (Å²) in [7, 11) is 1.59. The molecule has 0 atom stereocenters. The Kier molecular flexibility index (Phi) is 3.34. The van der Waals surface area contributed by atoms with Gasteiger partial charge in [-0.1, -0.05) is 0 Å². The second kappa shape index (κ2) is 4.92. The lowest BCUT2D eigenvalue weighted by Crippen LogP contribution is -2.28. The highest BCUT2D eigenvalue weighted by Crippen LogP contribution is 2.06. The van der Waals surface area contributed by atoms with Gasteiger partial charge in [-0.05, 0) is 13.0 Å². The first-order chi connectivity index (χ1) is 8.22. The molecular weight excluding hydrogens is 220 g/mol. The molecule has 0 fully saturated rings. The van der Waals surface area contributed by atoms with Crippen molar-refractivity contribution in [2.45, 2.75) is 6.92 Å². The van der Waals surface area contributed by atoms with E-state index >= 15 is 0 Å². The van der Waals surface area contributed by atoms with E-state index < -0.39 is 0 Å². The van der Waals surface area contributed by atoms with Crippen LogP contribution in [0.15, 0.2) is 18.3 Å². The maximum atomic E-state index is 11.8. The molecule has 0 saturated heterocycles. The molecular formula is C11H14N4O2. The molecule has 0 aliphatic heterocycles. The van der Waals surface area contributed by atoms with Crippen LogP contribution in [0.2, 0.25) is 0 Å². The fourth-order valence-corrected chi connectivity index (χ4v) is 1.54. The summed E-state index contributed by atoms with van der Waals surface area (Å²) in [5, 5.41) is 6.82. The quantitative estimate of drug-likeness (QED) is 0.778. The first-order valence-corrected chi connectivity index (χ1v) is 5.31. The molecule has 2 aromatic heterocycles. The van der Waals surface area contributed by atoms with Crippen molar-refractivity contribution in [1.29, 1.82) is 0 Å². The topological polar surface area (TPSA) is 68.5 Å². The number of hydrogen-bond donors (Lipinski definition) is 1. The largest absolute Gasteiger partial charge is 0.383 e. The SMILES string of the molecule is COCCNC(=O)c1cc(C)n2nccc2n1. The van der Waals surface area contributed by atoms with E-state index in [1.54, 1.807) is 30.0 Å². The van der Waals surface area contributed by atoms with E-state index in [1.165, 1.54) is 0 Å². The van der Waals surface area contributed by atoms with E-state index in [2.05, 4.69) is 15.4 Å². The molecule has 0 saturated carbocycles. The van der Waals surface area contributed by atoms with E-state index in [9.17, 15) is 4.79 Å². The van der Waals surface area contributed by atoms with E-state index in [0.717, 1.165) is 5.69 Å². The van der Waals surface area contributed by atoms with Gasteiger partial charge in [-0.25, -0.2) is 9.50 Å². The summed E-state index contributed by atoms with van der Waals surface area (Å²) in [6.45, 7) is 2.84. The van der Waals surface area contributed by atoms with Crippen LogP contribution < -0.4 is 5.32 Å². The van der Waals surface area contributed by atoms with Gasteiger partial charge in [0.2, 0.25) is 0 Å². The van der Waals surface area contributed by atoms with Crippen LogP contribution in [0, 0.1) is 6.92 Å². The van der Waals surface area contributed by atoms with Gasteiger partial charge < -0.3 is 10.1 Å². The van der Waals surface area contributed by atoms with Crippen LogP contribution in [0.4, 0.5) is 0 Å². The lowest BCUT2D eigenvalue weighted by atomic mass is 10.3. The van der Waals surface area contributed by atoms with Crippen molar-refractivity contribution in [2.75, 3.05) is 20.3 Å². The van der Waals surface area contributed by atoms with Gasteiger partial charge in [0.25, 0.3) is 5.91 Å². The summed E-state index contributed by atoms with van der Waals surface area (Å²) in [5.41, 5.74) is 1.94. The van der Waals surface area contributed by atoms with Crippen molar-refractivity contribution < 1.29 is 9.53 Å². The Morgan fingerprint density at radius 2 is 2.41 bits per heavy atom. The highest BCUT2D eigenvalue weighted by Gasteiger charge is 2.09. The zero-order valence-electron chi connectivity index (χ0n) is 9.80. The number of fused-ring (bicyclic) bond motifs is 1. The zero-order valence-corrected chi connectivity index (χ0v) is 9.80. The minimum atomic E-state index is -0.200. The Bertz CT molecular complexity index is 535. The van der Waals surface area contributed by atoms with Crippen LogP contribution in [0.25, 0.3) is 5.65 Å². The number of carbonyl (C=O) groups excluding carboxylic acids is 1. The van der Waals surface area contributed by atoms with Crippen LogP contribution in [-0.4, -0.2) is 40.8 Å². The number of aryl methyl sites for hydroxylation is 1. The van der Waals surface area contributed by atoms with Crippen molar-refractivity contribution in [3.63, 3.8) is 0 Å². The van der Waals surface area contributed by atoms with Crippen molar-refractivity contribution >= 4 is 11.6 Å². The molecule has 2 rings (SSSR count). The van der Waals surface area contributed by atoms with E-state index in [1.807, 2.05) is 6.92 Å². The number of rotatable bonds is 4. The lowest BCUT2D eigenvalue weighted by molar-refractivity contribution is 0.0932. The number of hydrogen-bond acceptors (Lipinski definition) is 4. The standard InChI is InChI=1S/C11H14N4O2/c1-8-7-9(11(16)12-5-6-17-2)14-10-3-4-13-15(8)10/h3-4,7H,5-6H2,1-2H3,(H,12,16). The van der Waals surface area contributed by atoms with Crippen molar-refractivity contribution in [2.24, 2.45) is 0 Å². The highest BCUT2D eigenvalue weighted by molar-refractivity contribution is 5.92. The molecule has 2 heterocycles. The Morgan fingerprint density at radius 3 is 3.18 bits per heavy atom. The fraction of sp³-hybridized carbons (Fsp3) is 0.364. The Balaban J connectivity index is 2.20. The minimum Gasteiger partial charge on any atom is -0.383 e. The Labute approximate surface area is 98.6 Å². The van der Waals surface area contributed by atoms with E-state index in [-0.39, 0.29) is 5.91 Å². The number of nitrogens with one attached hydrogen (secondary N) is 1. The summed E-state index contributed by atoms with van der Waals surface area (Å²) < 4.78 is 6.55. The summed E-state index contributed by atoms with van der Waals surface area (Å²) >= 11 is 0. The first kappa shape index (κ1) is 11.5. The molecule has 1 amide bonds. The summed E-state index contributed by atoms with van der Waals surface area (Å²) in [5.74, 6) is -0.200. The second-order valence-electron chi connectivity index (χ2n) is 3.63. The molecule has 0 aliphatic carbocycles. The van der Waals surface area contributed by atoms with Gasteiger partial charge in [-0.15, -0.1) is 0 Å². The molecule has 0 aliphatic rings. The van der Waals surface area contributed by atoms with Gasteiger partial charge in [0.1, 0.15) is 5.69 Å². The third-order valence-electron chi connectivity index (χ3n) is 2.36. The van der Waals surface area contributed by atoms with Gasteiger partial charge in [0.15, 0.2) is 5.65 Å². The molecule has 90 valence electrons. The summed E-state index contributed by atoms with van der Waals surface area (Å²) in [6.07, 6.45) is 1.65. The maximum Gasteiger partial charge on any atom is 0.270 e. The number of amides is 1. The molecule has 0 bridgehead atoms. The van der Waals surface area contributed by atoms with Crippen LogP contribution >= 0.6 is 0 Å². The predicted molar refractivity (Wildman–Crippen MR) is 61.9 cm³/mol. The zero-order chi connectivity index (χ0) is 12.3. The van der Waals surface area contributed by atoms with Gasteiger partial charge in [-0.3, -0.25) is 4.79 Å². The number of carbonyl (C=O) groups is 1. The van der Waals surface area contributed by atoms with Gasteiger partial charge in [-0.2, -0.15) is 5.10 Å². The van der Waals surface area contributed by atoms with Crippen LogP contribution in [0.5, 0.6) is 0 Å². The van der Waals surface area contributed by atoms with Gasteiger partial charge in [0.05, 0.1) is 12.8 Å². The molecule has 0 radical (unpaired) electrons. The molecule has 0 aromatic carbocycles. The van der Waals surface area contributed by atoms with E-state index in [4.69, 9.17) is 4.74 Å². The van der Waals surface area contributed by atoms with Crippen molar-refractivity contribution in [1.82, 2.24) is 19.9 Å². The highest BCUT2D eigenvalue weighted by atomic mass is 16.5. The average molecular weight is 234 g/mol. The minimum absolute atomic E-state index is 0.200. The molecule has 17 heavy (non-hydrogen) atoms. The second-order valence-corrected chi connectivity index (χ2v) is 3.63. The van der Waals surface area contributed by atoms with E-state index in [0.29, 0.717) is 24.5 Å². The normalized spacial score (nSPS) is 10.7. The summed E-state index contributed by atoms with van der Waals surface area (Å²) in [4.78, 5) is 16.0. The van der Waals surface area contributed by atoms with Crippen LogP contribution in [0.3, 0.4) is 0 Å². The lowest BCUT2D eigenvalue weighted by Gasteiger charge is -2.05. The number of methoxy groups -OCH3 is 1. The first-order valence-electron chi connectivity index (χ1n) is 5.31. The number of ether oxygens (including phenoxy) is 1. The third kappa shape index (κ3) is 2.42. The summed E-state index contributed by atoms with van der Waals surface area (Å²) in [6, 6.07) is 3.47. The fourth-order valence-electron chi connectivity index (χ4n) is 1.54. The molecule has 1 N–H and O–H groups in total. The average Bonchev–Trinajstić information content (AvgIpc) is 2.77. The van der Waals surface area contributed by atoms with Crippen LogP contribution in [-0.2, 0) is 4.74 Å². The predicted octanol–water partition coefficient (Wildman–Crippen LogP) is 0.414. The Hall–Kier alpha value is -1.95. The molecule has 6 heteroatoms. The number of nitrogens with zero attached hydrogens (tertiary/aromatic N) is 3. The number of aromatic nitrogens is 3. The Morgan fingerprint density at radius 1 is 1.59 bits per heavy atom. The molecule has 2 aromatic rings. The van der Waals surface area contributed by atoms with Crippen LogP contribution in [0.1, 0.15) is 16.2 Å². The van der Waals surface area contributed by atoms with Gasteiger partial charge in [0, 0.05) is 25.4 Å². The maximum absolute atomic E-state index is 11.8. The monoisotopic (exact) mass is 234 g/mol. The van der Waals surface area contributed by atoms with Crippen molar-refractivity contribution in [3.8, 4) is 0 Å². The molecule has 0 spiro atoms. The third-order valence-corrected chi connectivity index (χ3v) is 2.36. The smallest absolute Gasteiger partial charge is 0.270 e. The van der Waals surface area contributed by atoms with Gasteiger partial charge >= 0.3 is 0 Å². The van der Waals surface area contributed by atoms with Crippen molar-refractivity contribution in [3.05, 3.63) is 29.7 Å².